The van der Waals surface area contributed by atoms with Gasteiger partial charge in [-0.1, -0.05) is 41.6 Å². The molecule has 0 radical (unpaired) electrons. The van der Waals surface area contributed by atoms with Crippen molar-refractivity contribution in [2.45, 2.75) is 19.6 Å². The van der Waals surface area contributed by atoms with Gasteiger partial charge in [0.1, 0.15) is 24.2 Å². The van der Waals surface area contributed by atoms with E-state index in [0.29, 0.717) is 17.0 Å². The number of halogens is 1. The maximum absolute atomic E-state index is 13.1. The van der Waals surface area contributed by atoms with Crippen LogP contribution in [0.4, 0.5) is 4.39 Å². The summed E-state index contributed by atoms with van der Waals surface area (Å²) in [5.74, 6) is 0.688. The number of carbonyl (C=O) groups excluding carboxylic acids is 1. The van der Waals surface area contributed by atoms with Crippen molar-refractivity contribution in [2.75, 3.05) is 0 Å². The Labute approximate surface area is 178 Å². The van der Waals surface area contributed by atoms with Gasteiger partial charge in [-0.25, -0.2) is 4.39 Å². The van der Waals surface area contributed by atoms with Gasteiger partial charge in [0, 0.05) is 16.7 Å². The Hall–Kier alpha value is -4.00. The molecule has 31 heavy (non-hydrogen) atoms. The van der Waals surface area contributed by atoms with Gasteiger partial charge in [-0.15, -0.1) is 0 Å². The number of ether oxygens (including phenoxy) is 1. The largest absolute Gasteiger partial charge is 0.489 e. The molecular formula is C24H20FN3O3. The first-order valence-corrected chi connectivity index (χ1v) is 9.76. The van der Waals surface area contributed by atoms with Gasteiger partial charge in [0.25, 0.3) is 5.91 Å². The molecule has 1 aromatic heterocycles. The number of hydrogen-bond acceptors (Lipinski definition) is 5. The van der Waals surface area contributed by atoms with Gasteiger partial charge in [-0.05, 0) is 49.4 Å². The number of para-hydroxylation sites is 1. The summed E-state index contributed by atoms with van der Waals surface area (Å²) >= 11 is 0. The topological polar surface area (TPSA) is 77.2 Å². The number of rotatable bonds is 7. The molecule has 1 N–H and O–H groups in total. The maximum Gasteiger partial charge on any atom is 0.252 e. The summed E-state index contributed by atoms with van der Waals surface area (Å²) in [5, 5.41) is 6.79. The standard InChI is InChI=1S/C24H20FN3O3/c1-16(24-27-22(28-31-24)17-11-13-19(25)14-12-17)26-23(29)21-10-6-5-7-18(21)15-30-20-8-3-2-4-9-20/h2-14,16H,15H2,1H3,(H,26,29). The van der Waals surface area contributed by atoms with Gasteiger partial charge in [-0.2, -0.15) is 4.98 Å². The lowest BCUT2D eigenvalue weighted by Crippen LogP contribution is -2.28. The Morgan fingerprint density at radius 1 is 1.03 bits per heavy atom. The Bertz CT molecular complexity index is 1160. The molecule has 0 aliphatic rings. The quantitative estimate of drug-likeness (QED) is 0.461. The van der Waals surface area contributed by atoms with Crippen molar-refractivity contribution in [3.05, 3.63) is 102 Å². The van der Waals surface area contributed by atoms with E-state index in [1.165, 1.54) is 12.1 Å². The van der Waals surface area contributed by atoms with E-state index in [4.69, 9.17) is 9.26 Å². The zero-order valence-corrected chi connectivity index (χ0v) is 16.8. The van der Waals surface area contributed by atoms with Crippen molar-refractivity contribution in [3.63, 3.8) is 0 Å². The second-order valence-electron chi connectivity index (χ2n) is 6.92. The highest BCUT2D eigenvalue weighted by Gasteiger charge is 2.20. The van der Waals surface area contributed by atoms with Crippen LogP contribution >= 0.6 is 0 Å². The second kappa shape index (κ2) is 9.21. The van der Waals surface area contributed by atoms with E-state index in [-0.39, 0.29) is 24.2 Å². The third kappa shape index (κ3) is 4.95. The average molecular weight is 417 g/mol. The summed E-state index contributed by atoms with van der Waals surface area (Å²) in [4.78, 5) is 17.2. The third-order valence-corrected chi connectivity index (χ3v) is 4.66. The Morgan fingerprint density at radius 3 is 2.52 bits per heavy atom. The first-order chi connectivity index (χ1) is 15.1. The van der Waals surface area contributed by atoms with Crippen molar-refractivity contribution in [1.29, 1.82) is 0 Å². The summed E-state index contributed by atoms with van der Waals surface area (Å²) in [6.07, 6.45) is 0. The van der Waals surface area contributed by atoms with Crippen LogP contribution in [0.1, 0.15) is 34.8 Å². The molecule has 156 valence electrons. The van der Waals surface area contributed by atoms with E-state index in [9.17, 15) is 9.18 Å². The number of amides is 1. The average Bonchev–Trinajstić information content (AvgIpc) is 3.29. The first-order valence-electron chi connectivity index (χ1n) is 9.76. The molecule has 0 saturated heterocycles. The molecule has 1 heterocycles. The predicted octanol–water partition coefficient (Wildman–Crippen LogP) is 4.95. The third-order valence-electron chi connectivity index (χ3n) is 4.66. The lowest BCUT2D eigenvalue weighted by molar-refractivity contribution is 0.0930. The molecule has 0 bridgehead atoms. The molecule has 4 aromatic rings. The number of nitrogens with one attached hydrogen (secondary N) is 1. The van der Waals surface area contributed by atoms with Gasteiger partial charge < -0.3 is 14.6 Å². The fourth-order valence-corrected chi connectivity index (χ4v) is 3.01. The minimum Gasteiger partial charge on any atom is -0.489 e. The van der Waals surface area contributed by atoms with Crippen LogP contribution in [0.3, 0.4) is 0 Å². The van der Waals surface area contributed by atoms with E-state index in [1.807, 2.05) is 42.5 Å². The minimum absolute atomic E-state index is 0.255. The molecule has 3 aromatic carbocycles. The fourth-order valence-electron chi connectivity index (χ4n) is 3.01. The van der Waals surface area contributed by atoms with Crippen LogP contribution in [-0.4, -0.2) is 16.0 Å². The van der Waals surface area contributed by atoms with Gasteiger partial charge in [-0.3, -0.25) is 4.79 Å². The summed E-state index contributed by atoms with van der Waals surface area (Å²) in [6, 6.07) is 21.9. The van der Waals surface area contributed by atoms with Gasteiger partial charge in [0.2, 0.25) is 11.7 Å². The zero-order chi connectivity index (χ0) is 21.6. The predicted molar refractivity (Wildman–Crippen MR) is 113 cm³/mol. The van der Waals surface area contributed by atoms with Crippen LogP contribution in [-0.2, 0) is 6.61 Å². The van der Waals surface area contributed by atoms with Crippen LogP contribution in [0.25, 0.3) is 11.4 Å². The summed E-state index contributed by atoms with van der Waals surface area (Å²) in [6.45, 7) is 2.01. The van der Waals surface area contributed by atoms with E-state index in [2.05, 4.69) is 15.5 Å². The van der Waals surface area contributed by atoms with E-state index >= 15 is 0 Å². The van der Waals surface area contributed by atoms with Crippen molar-refractivity contribution < 1.29 is 18.4 Å². The zero-order valence-electron chi connectivity index (χ0n) is 16.8. The molecule has 0 spiro atoms. The van der Waals surface area contributed by atoms with Crippen LogP contribution in [0.15, 0.2) is 83.4 Å². The number of aromatic nitrogens is 2. The smallest absolute Gasteiger partial charge is 0.252 e. The van der Waals surface area contributed by atoms with Crippen LogP contribution in [0.2, 0.25) is 0 Å². The molecule has 1 unspecified atom stereocenters. The van der Waals surface area contributed by atoms with Crippen molar-refractivity contribution in [1.82, 2.24) is 15.5 Å². The van der Waals surface area contributed by atoms with E-state index in [0.717, 1.165) is 11.3 Å². The highest BCUT2D eigenvalue weighted by molar-refractivity contribution is 5.95. The minimum atomic E-state index is -0.516. The Morgan fingerprint density at radius 2 is 1.74 bits per heavy atom. The number of nitrogens with zero attached hydrogens (tertiary/aromatic N) is 2. The van der Waals surface area contributed by atoms with Gasteiger partial charge >= 0.3 is 0 Å². The first kappa shape index (κ1) is 20.3. The van der Waals surface area contributed by atoms with Crippen LogP contribution in [0, 0.1) is 5.82 Å². The molecule has 1 amide bonds. The normalized spacial score (nSPS) is 11.7. The maximum atomic E-state index is 13.1. The number of benzene rings is 3. The molecule has 6 nitrogen and oxygen atoms in total. The van der Waals surface area contributed by atoms with Crippen molar-refractivity contribution in [3.8, 4) is 17.1 Å². The Kier molecular flexibility index (Phi) is 6.03. The molecule has 7 heteroatoms. The fraction of sp³-hybridized carbons (Fsp3) is 0.125. The highest BCUT2D eigenvalue weighted by atomic mass is 19.1. The number of hydrogen-bond donors (Lipinski definition) is 1. The molecule has 0 fully saturated rings. The van der Waals surface area contributed by atoms with E-state index in [1.54, 1.807) is 31.2 Å². The molecular weight excluding hydrogens is 397 g/mol. The molecule has 0 aliphatic carbocycles. The lowest BCUT2D eigenvalue weighted by atomic mass is 10.1. The monoisotopic (exact) mass is 417 g/mol. The second-order valence-corrected chi connectivity index (χ2v) is 6.92. The Balaban J connectivity index is 1.44. The molecule has 0 aliphatic heterocycles. The number of carbonyl (C=O) groups is 1. The van der Waals surface area contributed by atoms with Crippen molar-refractivity contribution >= 4 is 5.91 Å². The summed E-state index contributed by atoms with van der Waals surface area (Å²) in [7, 11) is 0. The molecule has 1 atom stereocenters. The van der Waals surface area contributed by atoms with Crippen LogP contribution in [0.5, 0.6) is 5.75 Å². The van der Waals surface area contributed by atoms with E-state index < -0.39 is 6.04 Å². The van der Waals surface area contributed by atoms with Crippen molar-refractivity contribution in [2.24, 2.45) is 0 Å². The summed E-state index contributed by atoms with van der Waals surface area (Å²) < 4.78 is 24.2. The molecule has 0 saturated carbocycles. The molecule has 4 rings (SSSR count). The highest BCUT2D eigenvalue weighted by Crippen LogP contribution is 2.20. The lowest BCUT2D eigenvalue weighted by Gasteiger charge is -2.13. The SMILES string of the molecule is CC(NC(=O)c1ccccc1COc1ccccc1)c1nc(-c2ccc(F)cc2)no1. The summed E-state index contributed by atoms with van der Waals surface area (Å²) in [5.41, 5.74) is 1.88. The van der Waals surface area contributed by atoms with Gasteiger partial charge in [0.15, 0.2) is 0 Å². The van der Waals surface area contributed by atoms with Crippen LogP contribution < -0.4 is 10.1 Å². The van der Waals surface area contributed by atoms with Gasteiger partial charge in [0.05, 0.1) is 0 Å².